The van der Waals surface area contributed by atoms with E-state index in [4.69, 9.17) is 19.2 Å². The summed E-state index contributed by atoms with van der Waals surface area (Å²) in [7, 11) is 4.93. The molecule has 2 heterocycles. The molecule has 0 atom stereocenters. The Morgan fingerprint density at radius 1 is 0.919 bits per heavy atom. The van der Waals surface area contributed by atoms with Gasteiger partial charge in [0.05, 0.1) is 32.6 Å². The minimum Gasteiger partial charge on any atom is -0.497 e. The van der Waals surface area contributed by atoms with Gasteiger partial charge in [0.2, 0.25) is 0 Å². The fourth-order valence-electron chi connectivity index (χ4n) is 4.89. The normalized spacial score (nSPS) is 14.3. The van der Waals surface area contributed by atoms with Crippen LogP contribution in [0.4, 0.5) is 0 Å². The molecule has 1 aromatic heterocycles. The van der Waals surface area contributed by atoms with E-state index in [0.29, 0.717) is 30.0 Å². The Labute approximate surface area is 219 Å². The molecule has 0 unspecified atom stereocenters. The molecule has 1 fully saturated rings. The number of rotatable bonds is 10. The first-order valence-electron chi connectivity index (χ1n) is 12.8. The first-order valence-corrected chi connectivity index (χ1v) is 12.8. The van der Waals surface area contributed by atoms with Gasteiger partial charge >= 0.3 is 0 Å². The number of aryl methyl sites for hydroxylation is 1. The van der Waals surface area contributed by atoms with Crippen molar-refractivity contribution in [2.75, 3.05) is 41.0 Å². The lowest BCUT2D eigenvalue weighted by molar-refractivity contribution is 0.0951. The molecular formula is C30H37N3O4. The average Bonchev–Trinajstić information content (AvgIpc) is 2.93. The summed E-state index contributed by atoms with van der Waals surface area (Å²) in [6.07, 6.45) is 2.67. The van der Waals surface area contributed by atoms with E-state index in [9.17, 15) is 4.79 Å². The molecule has 0 bridgehead atoms. The first kappa shape index (κ1) is 26.5. The van der Waals surface area contributed by atoms with Crippen LogP contribution in [0.15, 0.2) is 54.6 Å². The number of nitrogens with one attached hydrogen (secondary N) is 1. The molecule has 0 radical (unpaired) electrons. The third-order valence-corrected chi connectivity index (χ3v) is 7.00. The van der Waals surface area contributed by atoms with Crippen molar-refractivity contribution >= 4 is 5.91 Å². The second kappa shape index (κ2) is 12.6. The number of carbonyl (C=O) groups excluding carboxylic acids is 1. The zero-order chi connectivity index (χ0) is 26.2. The van der Waals surface area contributed by atoms with Crippen LogP contribution in [0.3, 0.4) is 0 Å². The van der Waals surface area contributed by atoms with E-state index in [0.717, 1.165) is 55.2 Å². The van der Waals surface area contributed by atoms with Crippen LogP contribution in [-0.2, 0) is 13.0 Å². The molecular weight excluding hydrogens is 466 g/mol. The summed E-state index contributed by atoms with van der Waals surface area (Å²) in [5, 5.41) is 3.09. The Morgan fingerprint density at radius 3 is 2.30 bits per heavy atom. The van der Waals surface area contributed by atoms with Crippen molar-refractivity contribution < 1.29 is 19.0 Å². The number of hydrogen-bond acceptors (Lipinski definition) is 6. The third-order valence-electron chi connectivity index (χ3n) is 7.00. The minimum absolute atomic E-state index is 0.0661. The summed E-state index contributed by atoms with van der Waals surface area (Å²) in [4.78, 5) is 20.5. The molecule has 1 saturated heterocycles. The Balaban J connectivity index is 1.35. The topological polar surface area (TPSA) is 72.9 Å². The van der Waals surface area contributed by atoms with E-state index in [1.165, 1.54) is 5.56 Å². The van der Waals surface area contributed by atoms with Gasteiger partial charge in [-0.2, -0.15) is 0 Å². The van der Waals surface area contributed by atoms with Gasteiger partial charge in [-0.15, -0.1) is 0 Å². The lowest BCUT2D eigenvalue weighted by Gasteiger charge is -2.32. The predicted molar refractivity (Wildman–Crippen MR) is 145 cm³/mol. The van der Waals surface area contributed by atoms with Crippen LogP contribution in [0.1, 0.15) is 51.6 Å². The fourth-order valence-corrected chi connectivity index (χ4v) is 4.89. The standard InChI is InChI=1S/C30H37N3O4/c1-21-5-11-26(30(34)31-16-13-22-8-12-27(36-3)28(19-22)37-4)29(32-21)24-14-17-33(18-15-24)20-23-6-9-25(35-2)10-7-23/h5-12,19,24H,13-18,20H2,1-4H3,(H,31,34). The zero-order valence-corrected chi connectivity index (χ0v) is 22.3. The van der Waals surface area contributed by atoms with Crippen molar-refractivity contribution in [2.45, 2.75) is 38.6 Å². The smallest absolute Gasteiger partial charge is 0.253 e. The van der Waals surface area contributed by atoms with Gasteiger partial charge in [-0.05, 0) is 86.8 Å². The van der Waals surface area contributed by atoms with Crippen molar-refractivity contribution in [3.8, 4) is 17.2 Å². The fraction of sp³-hybridized carbons (Fsp3) is 0.400. The van der Waals surface area contributed by atoms with Crippen LogP contribution in [0.25, 0.3) is 0 Å². The molecule has 1 aliphatic rings. The summed E-state index contributed by atoms with van der Waals surface area (Å²) in [6.45, 7) is 5.39. The number of nitrogens with zero attached hydrogens (tertiary/aromatic N) is 2. The highest BCUT2D eigenvalue weighted by Crippen LogP contribution is 2.31. The van der Waals surface area contributed by atoms with Crippen LogP contribution in [0.2, 0.25) is 0 Å². The number of pyridine rings is 1. The Bertz CT molecular complexity index is 1190. The zero-order valence-electron chi connectivity index (χ0n) is 22.3. The molecule has 196 valence electrons. The Hall–Kier alpha value is -3.58. The second-order valence-electron chi connectivity index (χ2n) is 9.48. The van der Waals surface area contributed by atoms with E-state index in [1.807, 2.05) is 49.4 Å². The maximum absolute atomic E-state index is 13.2. The predicted octanol–water partition coefficient (Wildman–Crippen LogP) is 4.77. The molecule has 3 aromatic rings. The van der Waals surface area contributed by atoms with Gasteiger partial charge in [0.25, 0.3) is 5.91 Å². The number of hydrogen-bond donors (Lipinski definition) is 1. The van der Waals surface area contributed by atoms with Crippen molar-refractivity contribution in [3.63, 3.8) is 0 Å². The number of likely N-dealkylation sites (tertiary alicyclic amines) is 1. The SMILES string of the molecule is COc1ccc(CN2CCC(c3nc(C)ccc3C(=O)NCCc3ccc(OC)c(OC)c3)CC2)cc1. The van der Waals surface area contributed by atoms with Gasteiger partial charge in [-0.25, -0.2) is 0 Å². The van der Waals surface area contributed by atoms with E-state index >= 15 is 0 Å². The minimum atomic E-state index is -0.0661. The molecule has 1 N–H and O–H groups in total. The van der Waals surface area contributed by atoms with Crippen LogP contribution >= 0.6 is 0 Å². The quantitative estimate of drug-likeness (QED) is 0.430. The first-order chi connectivity index (χ1) is 18.0. The molecule has 0 aliphatic carbocycles. The van der Waals surface area contributed by atoms with Gasteiger partial charge in [0.15, 0.2) is 11.5 Å². The van der Waals surface area contributed by atoms with E-state index in [1.54, 1.807) is 21.3 Å². The highest BCUT2D eigenvalue weighted by molar-refractivity contribution is 5.95. The highest BCUT2D eigenvalue weighted by atomic mass is 16.5. The number of carbonyl (C=O) groups is 1. The Morgan fingerprint density at radius 2 is 1.62 bits per heavy atom. The molecule has 2 aromatic carbocycles. The number of methoxy groups -OCH3 is 3. The van der Waals surface area contributed by atoms with Crippen molar-refractivity contribution in [1.29, 1.82) is 0 Å². The van der Waals surface area contributed by atoms with E-state index in [2.05, 4.69) is 22.3 Å². The number of piperidine rings is 1. The Kier molecular flexibility index (Phi) is 9.01. The maximum atomic E-state index is 13.2. The monoisotopic (exact) mass is 503 g/mol. The van der Waals surface area contributed by atoms with Gasteiger partial charge in [0.1, 0.15) is 5.75 Å². The molecule has 0 saturated carbocycles. The lowest BCUT2D eigenvalue weighted by atomic mass is 9.89. The van der Waals surface area contributed by atoms with Crippen LogP contribution < -0.4 is 19.5 Å². The number of amides is 1. The van der Waals surface area contributed by atoms with Crippen LogP contribution in [-0.4, -0.2) is 56.8 Å². The van der Waals surface area contributed by atoms with Crippen LogP contribution in [0, 0.1) is 6.92 Å². The maximum Gasteiger partial charge on any atom is 0.253 e. The number of benzene rings is 2. The molecule has 7 nitrogen and oxygen atoms in total. The van der Waals surface area contributed by atoms with Gasteiger partial charge in [0, 0.05) is 24.7 Å². The largest absolute Gasteiger partial charge is 0.497 e. The van der Waals surface area contributed by atoms with Gasteiger partial charge in [-0.3, -0.25) is 14.7 Å². The molecule has 1 aliphatic heterocycles. The molecule has 37 heavy (non-hydrogen) atoms. The van der Waals surface area contributed by atoms with Gasteiger partial charge < -0.3 is 19.5 Å². The number of aromatic nitrogens is 1. The highest BCUT2D eigenvalue weighted by Gasteiger charge is 2.26. The van der Waals surface area contributed by atoms with Crippen LogP contribution in [0.5, 0.6) is 17.2 Å². The summed E-state index contributed by atoms with van der Waals surface area (Å²) in [5.74, 6) is 2.47. The average molecular weight is 504 g/mol. The summed E-state index contributed by atoms with van der Waals surface area (Å²) in [6, 6.07) is 17.9. The molecule has 1 amide bonds. The van der Waals surface area contributed by atoms with Crippen molar-refractivity contribution in [2.24, 2.45) is 0 Å². The van der Waals surface area contributed by atoms with E-state index < -0.39 is 0 Å². The molecule has 0 spiro atoms. The van der Waals surface area contributed by atoms with E-state index in [-0.39, 0.29) is 11.8 Å². The third kappa shape index (κ3) is 6.80. The second-order valence-corrected chi connectivity index (χ2v) is 9.48. The van der Waals surface area contributed by atoms with Gasteiger partial charge in [-0.1, -0.05) is 18.2 Å². The van der Waals surface area contributed by atoms with Crippen molar-refractivity contribution in [3.05, 3.63) is 82.7 Å². The van der Waals surface area contributed by atoms with Crippen molar-refractivity contribution in [1.82, 2.24) is 15.2 Å². The summed E-state index contributed by atoms with van der Waals surface area (Å²) in [5.41, 5.74) is 4.91. The molecule has 7 heteroatoms. The molecule has 4 rings (SSSR count). The summed E-state index contributed by atoms with van der Waals surface area (Å²) >= 11 is 0. The lowest BCUT2D eigenvalue weighted by Crippen LogP contribution is -2.34. The summed E-state index contributed by atoms with van der Waals surface area (Å²) < 4.78 is 16.0. The number of ether oxygens (including phenoxy) is 3.